The lowest BCUT2D eigenvalue weighted by atomic mass is 9.52. The van der Waals surface area contributed by atoms with Crippen LogP contribution in [0.2, 0.25) is 10.0 Å². The molecule has 1 saturated heterocycles. The van der Waals surface area contributed by atoms with Crippen molar-refractivity contribution in [3.8, 4) is 11.3 Å². The summed E-state index contributed by atoms with van der Waals surface area (Å²) in [5.41, 5.74) is -0.907. The second-order valence-electron chi connectivity index (χ2n) is 12.0. The summed E-state index contributed by atoms with van der Waals surface area (Å²) in [7, 11) is 0. The van der Waals surface area contributed by atoms with Crippen molar-refractivity contribution in [2.75, 3.05) is 0 Å². The monoisotopic (exact) mass is 752 g/mol. The van der Waals surface area contributed by atoms with Gasteiger partial charge in [-0.2, -0.15) is 4.98 Å². The topological polar surface area (TPSA) is 190 Å². The van der Waals surface area contributed by atoms with E-state index in [-0.39, 0.29) is 39.0 Å². The summed E-state index contributed by atoms with van der Waals surface area (Å²) in [5.74, 6) is -3.91. The number of amides is 2. The van der Waals surface area contributed by atoms with Gasteiger partial charge in [0.1, 0.15) is 0 Å². The molecule has 1 aromatic heterocycles. The van der Waals surface area contributed by atoms with Crippen LogP contribution < -0.4 is 16.3 Å². The normalized spacial score (nSPS) is 18.4. The van der Waals surface area contributed by atoms with E-state index in [0.29, 0.717) is 32.3 Å². The van der Waals surface area contributed by atoms with Crippen LogP contribution in [0.1, 0.15) is 39.8 Å². The van der Waals surface area contributed by atoms with Crippen molar-refractivity contribution in [1.29, 1.82) is 0 Å². The lowest BCUT2D eigenvalue weighted by Gasteiger charge is -2.50. The number of fused-ring (bicyclic) bond motifs is 1. The average Bonchev–Trinajstić information content (AvgIpc) is 3.11. The quantitative estimate of drug-likeness (QED) is 0.0748. The third-order valence-corrected chi connectivity index (χ3v) is 9.87. The summed E-state index contributed by atoms with van der Waals surface area (Å²) in [6.45, 7) is 0. The van der Waals surface area contributed by atoms with E-state index in [1.165, 1.54) is 48.5 Å². The predicted octanol–water partition coefficient (Wildman–Crippen LogP) is 6.55. The first-order chi connectivity index (χ1) is 24.9. The maximum absolute atomic E-state index is 14.9. The molecule has 1 aliphatic carbocycles. The summed E-state index contributed by atoms with van der Waals surface area (Å²) in [5, 5.41) is 28.9. The van der Waals surface area contributed by atoms with Gasteiger partial charge in [0.05, 0.1) is 21.2 Å². The molecule has 2 unspecified atom stereocenters. The van der Waals surface area contributed by atoms with Gasteiger partial charge in [0.2, 0.25) is 11.8 Å². The van der Waals surface area contributed by atoms with Gasteiger partial charge in [-0.15, -0.1) is 0 Å². The molecule has 4 aromatic carbocycles. The van der Waals surface area contributed by atoms with E-state index in [9.17, 15) is 34.6 Å². The molecule has 13 nitrogen and oxygen atoms in total. The lowest BCUT2D eigenvalue weighted by molar-refractivity contribution is -0.385. The number of thiocarbonyl (C=S) groups is 1. The van der Waals surface area contributed by atoms with Gasteiger partial charge in [0, 0.05) is 51.7 Å². The summed E-state index contributed by atoms with van der Waals surface area (Å²) in [6, 6.07) is 24.0. The Morgan fingerprint density at radius 2 is 1.19 bits per heavy atom. The van der Waals surface area contributed by atoms with Crippen LogP contribution in [0.3, 0.4) is 0 Å². The smallest absolute Gasteiger partial charge is 0.305 e. The highest BCUT2D eigenvalue weighted by Crippen LogP contribution is 2.62. The van der Waals surface area contributed by atoms with E-state index in [1.54, 1.807) is 54.6 Å². The Kier molecular flexibility index (Phi) is 8.74. The first-order valence-corrected chi connectivity index (χ1v) is 16.6. The number of non-ortho nitro benzene ring substituents is 2. The standard InChI is InChI=1S/C36H22Cl2N6O7S/c37-22-9-3-19(4-10-22)28-26(17-18-1-13-24(14-2-18)43(48)49)31-27(30(39-34(47)40-31)21-7-15-25(16-8-21)44(50)51)29(20-5-11-23(38)12-6-20)36(28)32(45)41-35(52)42-33(36)46/h1-17,28-29H,(H,39,40,47)(H2,41,42,45,46,52)/b26-17-. The number of carbonyl (C=O) groups excluding carboxylic acids is 2. The molecule has 2 aliphatic rings. The first kappa shape index (κ1) is 34.4. The number of hydrogen-bond acceptors (Lipinski definition) is 9. The molecule has 2 amide bonds. The number of hydrogen-bond donors (Lipinski definition) is 3. The fraction of sp³-hybridized carbons (Fsp3) is 0.0833. The molecule has 0 bridgehead atoms. The van der Waals surface area contributed by atoms with Gasteiger partial charge in [-0.1, -0.05) is 47.5 Å². The molecular formula is C36H22Cl2N6O7S. The molecule has 52 heavy (non-hydrogen) atoms. The molecule has 7 rings (SSSR count). The van der Waals surface area contributed by atoms with Gasteiger partial charge in [0.15, 0.2) is 10.5 Å². The maximum atomic E-state index is 14.9. The Hall–Kier alpha value is -6.09. The van der Waals surface area contributed by atoms with Crippen LogP contribution in [0.25, 0.3) is 22.9 Å². The predicted molar refractivity (Wildman–Crippen MR) is 197 cm³/mol. The van der Waals surface area contributed by atoms with Crippen LogP contribution in [-0.2, 0) is 9.59 Å². The van der Waals surface area contributed by atoms with Crippen molar-refractivity contribution in [3.05, 3.63) is 166 Å². The number of nitro groups is 2. The molecule has 3 N–H and O–H groups in total. The fourth-order valence-corrected chi connectivity index (χ4v) is 7.45. The van der Waals surface area contributed by atoms with Gasteiger partial charge in [-0.05, 0) is 94.7 Å². The number of H-pyrrole nitrogens is 1. The molecule has 1 spiro atoms. The number of nitro benzene ring substituents is 2. The lowest BCUT2D eigenvalue weighted by Crippen LogP contribution is -2.67. The third-order valence-electron chi connectivity index (χ3n) is 9.16. The van der Waals surface area contributed by atoms with E-state index in [4.69, 9.17) is 35.4 Å². The van der Waals surface area contributed by atoms with E-state index in [0.717, 1.165) is 0 Å². The van der Waals surface area contributed by atoms with Crippen molar-refractivity contribution < 1.29 is 19.4 Å². The Morgan fingerprint density at radius 1 is 0.712 bits per heavy atom. The molecule has 0 saturated carbocycles. The van der Waals surface area contributed by atoms with Gasteiger partial charge < -0.3 is 15.6 Å². The second-order valence-corrected chi connectivity index (χ2v) is 13.3. The molecule has 1 aliphatic heterocycles. The van der Waals surface area contributed by atoms with Gasteiger partial charge in [-0.25, -0.2) is 4.79 Å². The highest BCUT2D eigenvalue weighted by molar-refractivity contribution is 7.80. The summed E-state index contributed by atoms with van der Waals surface area (Å²) >= 11 is 17.9. The van der Waals surface area contributed by atoms with E-state index in [1.807, 2.05) is 0 Å². The van der Waals surface area contributed by atoms with E-state index >= 15 is 0 Å². The SMILES string of the molecule is O=C1NC(=S)NC(=O)C12C(c1ccc(Cl)cc1)/C(=C/c1ccc([N+](=O)[O-])cc1)c1nc(=O)[nH]c(-c3ccc([N+](=O)[O-])cc3)c1C2c1ccc(Cl)cc1. The molecule has 5 aromatic rings. The van der Waals surface area contributed by atoms with Crippen LogP contribution in [0, 0.1) is 25.6 Å². The Morgan fingerprint density at radius 3 is 1.69 bits per heavy atom. The number of allylic oxidation sites excluding steroid dienone is 1. The van der Waals surface area contributed by atoms with Crippen LogP contribution >= 0.6 is 35.4 Å². The summed E-state index contributed by atoms with van der Waals surface area (Å²) < 4.78 is 0. The van der Waals surface area contributed by atoms with E-state index < -0.39 is 44.6 Å². The molecule has 1 fully saturated rings. The first-order valence-electron chi connectivity index (χ1n) is 15.4. The number of benzene rings is 4. The third kappa shape index (κ3) is 5.82. The van der Waals surface area contributed by atoms with Crippen LogP contribution in [-0.4, -0.2) is 36.7 Å². The zero-order chi connectivity index (χ0) is 36.9. The summed E-state index contributed by atoms with van der Waals surface area (Å²) in [4.78, 5) is 72.4. The Bertz CT molecular complexity index is 2400. The minimum atomic E-state index is -2.10. The fourth-order valence-electron chi connectivity index (χ4n) is 7.02. The number of halogens is 2. The van der Waals surface area contributed by atoms with Crippen molar-refractivity contribution >= 4 is 75.4 Å². The molecular weight excluding hydrogens is 731 g/mol. The highest BCUT2D eigenvalue weighted by atomic mass is 35.5. The molecule has 2 atom stereocenters. The number of carbonyl (C=O) groups is 2. The largest absolute Gasteiger partial charge is 0.345 e. The Balaban J connectivity index is 1.67. The zero-order valence-corrected chi connectivity index (χ0v) is 28.7. The van der Waals surface area contributed by atoms with Crippen LogP contribution in [0.4, 0.5) is 11.4 Å². The Labute approximate surface area is 308 Å². The van der Waals surface area contributed by atoms with Crippen molar-refractivity contribution in [1.82, 2.24) is 20.6 Å². The highest BCUT2D eigenvalue weighted by Gasteiger charge is 2.65. The number of nitrogens with zero attached hydrogens (tertiary/aromatic N) is 3. The second kappa shape index (κ2) is 13.2. The van der Waals surface area contributed by atoms with Gasteiger partial charge in [-0.3, -0.25) is 29.8 Å². The van der Waals surface area contributed by atoms with Crippen LogP contribution in [0.5, 0.6) is 0 Å². The van der Waals surface area contributed by atoms with Crippen LogP contribution in [0.15, 0.2) is 102 Å². The summed E-state index contributed by atoms with van der Waals surface area (Å²) in [6.07, 6.45) is 1.61. The number of rotatable bonds is 6. The minimum absolute atomic E-state index is 0.106. The van der Waals surface area contributed by atoms with Crippen molar-refractivity contribution in [2.24, 2.45) is 5.41 Å². The van der Waals surface area contributed by atoms with Gasteiger partial charge in [0.25, 0.3) is 11.4 Å². The minimum Gasteiger partial charge on any atom is -0.305 e. The zero-order valence-electron chi connectivity index (χ0n) is 26.3. The number of nitrogens with one attached hydrogen (secondary N) is 3. The molecule has 0 radical (unpaired) electrons. The number of aromatic nitrogens is 2. The van der Waals surface area contributed by atoms with Gasteiger partial charge >= 0.3 is 5.69 Å². The van der Waals surface area contributed by atoms with Crippen molar-refractivity contribution in [2.45, 2.75) is 11.8 Å². The molecule has 2 heterocycles. The number of aromatic amines is 1. The maximum Gasteiger partial charge on any atom is 0.345 e. The average molecular weight is 754 g/mol. The van der Waals surface area contributed by atoms with Crippen molar-refractivity contribution in [3.63, 3.8) is 0 Å². The van der Waals surface area contributed by atoms with E-state index in [2.05, 4.69) is 20.6 Å². The molecule has 16 heteroatoms. The molecule has 258 valence electrons.